The lowest BCUT2D eigenvalue weighted by Gasteiger charge is -2.32. The van der Waals surface area contributed by atoms with Gasteiger partial charge in [0, 0.05) is 49.6 Å². The lowest BCUT2D eigenvalue weighted by atomic mass is 9.90. The molecule has 0 bridgehead atoms. The van der Waals surface area contributed by atoms with Gasteiger partial charge in [-0.1, -0.05) is 18.2 Å². The second-order valence-electron chi connectivity index (χ2n) is 7.74. The predicted molar refractivity (Wildman–Crippen MR) is 114 cm³/mol. The molecule has 6 nitrogen and oxygen atoms in total. The van der Waals surface area contributed by atoms with Crippen molar-refractivity contribution in [1.82, 2.24) is 14.5 Å². The number of hydrogen-bond donors (Lipinski definition) is 0. The number of nitrogens with zero attached hydrogens (tertiary/aromatic N) is 4. The summed E-state index contributed by atoms with van der Waals surface area (Å²) < 4.78 is 7.21. The van der Waals surface area contributed by atoms with E-state index >= 15 is 0 Å². The molecule has 3 aromatic rings. The first-order valence-electron chi connectivity index (χ1n) is 10.4. The lowest BCUT2D eigenvalue weighted by Crippen LogP contribution is -2.35. The van der Waals surface area contributed by atoms with Gasteiger partial charge in [-0.15, -0.1) is 0 Å². The molecular formula is C23H28N4O2. The molecule has 4 rings (SSSR count). The number of esters is 1. The van der Waals surface area contributed by atoms with Gasteiger partial charge in [-0.2, -0.15) is 0 Å². The number of carbonyl (C=O) groups excluding carboxylic acids is 1. The number of para-hydroxylation sites is 1. The highest BCUT2D eigenvalue weighted by atomic mass is 16.5. The summed E-state index contributed by atoms with van der Waals surface area (Å²) in [6, 6.07) is 8.63. The van der Waals surface area contributed by atoms with Crippen molar-refractivity contribution in [3.63, 3.8) is 0 Å². The Kier molecular flexibility index (Phi) is 5.79. The summed E-state index contributed by atoms with van der Waals surface area (Å²) in [6.07, 6.45) is 10.0. The van der Waals surface area contributed by atoms with Crippen molar-refractivity contribution in [2.24, 2.45) is 13.0 Å². The summed E-state index contributed by atoms with van der Waals surface area (Å²) in [7, 11) is 2.12. The zero-order chi connectivity index (χ0) is 20.2. The summed E-state index contributed by atoms with van der Waals surface area (Å²) in [5.41, 5.74) is 3.16. The van der Waals surface area contributed by atoms with Crippen molar-refractivity contribution in [1.29, 1.82) is 0 Å². The number of rotatable bonds is 6. The maximum Gasteiger partial charge on any atom is 0.341 e. The van der Waals surface area contributed by atoms with Gasteiger partial charge in [0.2, 0.25) is 5.95 Å². The minimum Gasteiger partial charge on any atom is -0.462 e. The van der Waals surface area contributed by atoms with Crippen LogP contribution in [0.4, 0.5) is 5.95 Å². The van der Waals surface area contributed by atoms with E-state index in [0.717, 1.165) is 38.3 Å². The topological polar surface area (TPSA) is 60.2 Å². The Balaban J connectivity index is 1.31. The third kappa shape index (κ3) is 4.26. The summed E-state index contributed by atoms with van der Waals surface area (Å²) in [6.45, 7) is 4.06. The van der Waals surface area contributed by atoms with Gasteiger partial charge in [0.1, 0.15) is 0 Å². The highest BCUT2D eigenvalue weighted by molar-refractivity contribution is 5.88. The number of fused-ring (bicyclic) bond motifs is 1. The molecule has 29 heavy (non-hydrogen) atoms. The molecule has 1 saturated heterocycles. The normalized spacial score (nSPS) is 15.0. The Bertz CT molecular complexity index is 972. The van der Waals surface area contributed by atoms with Crippen LogP contribution in [0.25, 0.3) is 10.9 Å². The van der Waals surface area contributed by atoms with Crippen LogP contribution in [0.15, 0.2) is 42.9 Å². The molecule has 1 aliphatic rings. The van der Waals surface area contributed by atoms with Crippen molar-refractivity contribution in [2.45, 2.75) is 32.6 Å². The van der Waals surface area contributed by atoms with Gasteiger partial charge in [-0.25, -0.2) is 14.8 Å². The molecule has 2 aromatic heterocycles. The monoisotopic (exact) mass is 392 g/mol. The van der Waals surface area contributed by atoms with Crippen LogP contribution in [0, 0.1) is 5.92 Å². The first-order chi connectivity index (χ1) is 14.2. The van der Waals surface area contributed by atoms with Crippen molar-refractivity contribution in [2.75, 3.05) is 24.6 Å². The zero-order valence-electron chi connectivity index (χ0n) is 17.2. The number of aromatic nitrogens is 3. The third-order valence-corrected chi connectivity index (χ3v) is 5.85. The van der Waals surface area contributed by atoms with E-state index < -0.39 is 0 Å². The van der Waals surface area contributed by atoms with Crippen LogP contribution in [0.3, 0.4) is 0 Å². The molecule has 0 unspecified atom stereocenters. The fourth-order valence-corrected chi connectivity index (χ4v) is 4.21. The average molecular weight is 393 g/mol. The first-order valence-corrected chi connectivity index (χ1v) is 10.4. The van der Waals surface area contributed by atoms with E-state index in [1.807, 2.05) is 0 Å². The van der Waals surface area contributed by atoms with Crippen LogP contribution >= 0.6 is 0 Å². The molecule has 152 valence electrons. The van der Waals surface area contributed by atoms with E-state index in [0.29, 0.717) is 18.1 Å². The molecule has 6 heteroatoms. The number of anilines is 1. The average Bonchev–Trinajstić information content (AvgIpc) is 3.09. The summed E-state index contributed by atoms with van der Waals surface area (Å²) in [5.74, 6) is 1.06. The number of benzene rings is 1. The number of piperidine rings is 1. The molecule has 1 aromatic carbocycles. The van der Waals surface area contributed by atoms with Crippen LogP contribution in [-0.2, 0) is 18.2 Å². The Morgan fingerprint density at radius 3 is 2.62 bits per heavy atom. The Labute approximate surface area is 171 Å². The number of carbonyl (C=O) groups is 1. The quantitative estimate of drug-likeness (QED) is 0.594. The van der Waals surface area contributed by atoms with Gasteiger partial charge in [-0.3, -0.25) is 0 Å². The fraction of sp³-hybridized carbons (Fsp3) is 0.435. The van der Waals surface area contributed by atoms with Crippen molar-refractivity contribution in [3.05, 3.63) is 54.0 Å². The number of ether oxygens (including phenoxy) is 1. The van der Waals surface area contributed by atoms with Crippen molar-refractivity contribution in [3.8, 4) is 0 Å². The van der Waals surface area contributed by atoms with E-state index in [4.69, 9.17) is 4.74 Å². The Hall–Kier alpha value is -2.89. The first kappa shape index (κ1) is 19.4. The Morgan fingerprint density at radius 2 is 1.90 bits per heavy atom. The minimum atomic E-state index is -0.369. The largest absolute Gasteiger partial charge is 0.462 e. The molecule has 0 N–H and O–H groups in total. The number of aryl methyl sites for hydroxylation is 2. The summed E-state index contributed by atoms with van der Waals surface area (Å²) >= 11 is 0. The molecule has 0 aliphatic carbocycles. The molecule has 3 heterocycles. The smallest absolute Gasteiger partial charge is 0.341 e. The third-order valence-electron chi connectivity index (χ3n) is 5.85. The maximum atomic E-state index is 11.7. The van der Waals surface area contributed by atoms with E-state index in [2.05, 4.69) is 56.9 Å². The highest BCUT2D eigenvalue weighted by Gasteiger charge is 2.21. The van der Waals surface area contributed by atoms with E-state index in [1.54, 1.807) is 19.3 Å². The van der Waals surface area contributed by atoms with Gasteiger partial charge < -0.3 is 14.2 Å². The summed E-state index contributed by atoms with van der Waals surface area (Å²) in [4.78, 5) is 22.7. The molecule has 0 atom stereocenters. The van der Waals surface area contributed by atoms with Crippen LogP contribution < -0.4 is 4.90 Å². The van der Waals surface area contributed by atoms with E-state index in [1.165, 1.54) is 22.9 Å². The van der Waals surface area contributed by atoms with Crippen LogP contribution in [0.5, 0.6) is 0 Å². The SMILES string of the molecule is CCOC(=O)c1cnc(N2CCC(CCc3cn(C)c4ccccc34)CC2)nc1. The lowest BCUT2D eigenvalue weighted by molar-refractivity contribution is 0.0525. The molecular weight excluding hydrogens is 364 g/mol. The number of hydrogen-bond acceptors (Lipinski definition) is 5. The highest BCUT2D eigenvalue weighted by Crippen LogP contribution is 2.27. The molecule has 0 amide bonds. The van der Waals surface area contributed by atoms with Gasteiger partial charge in [0.05, 0.1) is 12.2 Å². The predicted octanol–water partition coefficient (Wildman–Crippen LogP) is 3.99. The second-order valence-corrected chi connectivity index (χ2v) is 7.74. The van der Waals surface area contributed by atoms with Gasteiger partial charge in [-0.05, 0) is 50.2 Å². The van der Waals surface area contributed by atoms with Crippen molar-refractivity contribution < 1.29 is 9.53 Å². The van der Waals surface area contributed by atoms with Crippen molar-refractivity contribution >= 4 is 22.8 Å². The Morgan fingerprint density at radius 1 is 1.17 bits per heavy atom. The standard InChI is InChI=1S/C23H28N4O2/c1-3-29-22(28)19-14-24-23(25-15-19)27-12-10-17(11-13-27)8-9-18-16-26(2)21-7-5-4-6-20(18)21/h4-7,14-17H,3,8-13H2,1-2H3. The molecule has 1 aliphatic heterocycles. The van der Waals surface area contributed by atoms with E-state index in [9.17, 15) is 4.79 Å². The minimum absolute atomic E-state index is 0.354. The summed E-state index contributed by atoms with van der Waals surface area (Å²) in [5, 5.41) is 1.38. The molecule has 0 saturated carbocycles. The molecule has 0 spiro atoms. The van der Waals surface area contributed by atoms with Crippen LogP contribution in [-0.4, -0.2) is 40.2 Å². The van der Waals surface area contributed by atoms with Gasteiger partial charge in [0.15, 0.2) is 0 Å². The fourth-order valence-electron chi connectivity index (χ4n) is 4.21. The second kappa shape index (κ2) is 8.64. The van der Waals surface area contributed by atoms with Gasteiger partial charge >= 0.3 is 5.97 Å². The van der Waals surface area contributed by atoms with Gasteiger partial charge in [0.25, 0.3) is 0 Å². The zero-order valence-corrected chi connectivity index (χ0v) is 17.2. The van der Waals surface area contributed by atoms with Crippen LogP contribution in [0.2, 0.25) is 0 Å². The van der Waals surface area contributed by atoms with E-state index in [-0.39, 0.29) is 5.97 Å². The molecule has 1 fully saturated rings. The molecule has 0 radical (unpaired) electrons. The van der Waals surface area contributed by atoms with Crippen LogP contribution in [0.1, 0.15) is 42.1 Å². The maximum absolute atomic E-state index is 11.7.